The minimum absolute atomic E-state index is 0.0685. The molecule has 0 aromatic heterocycles. The van der Waals surface area contributed by atoms with Crippen LogP contribution in [0.25, 0.3) is 0 Å². The first-order valence-corrected chi connectivity index (χ1v) is 11.1. The van der Waals surface area contributed by atoms with Gasteiger partial charge in [-0.15, -0.1) is 0 Å². The van der Waals surface area contributed by atoms with Gasteiger partial charge in [0.2, 0.25) is 0 Å². The monoisotopic (exact) mass is 398 g/mol. The van der Waals surface area contributed by atoms with E-state index in [0.717, 1.165) is 18.8 Å². The Kier molecular flexibility index (Phi) is 8.33. The van der Waals surface area contributed by atoms with Gasteiger partial charge < -0.3 is 20.1 Å². The van der Waals surface area contributed by atoms with Gasteiger partial charge in [-0.3, -0.25) is 9.89 Å². The van der Waals surface area contributed by atoms with Crippen LogP contribution in [0.1, 0.15) is 11.6 Å². The maximum absolute atomic E-state index is 11.3. The van der Waals surface area contributed by atoms with Gasteiger partial charge in [-0.2, -0.15) is 0 Å². The number of ether oxygens (including phenoxy) is 2. The molecule has 1 fully saturated rings. The average molecular weight is 399 g/mol. The zero-order chi connectivity index (χ0) is 19.7. The number of rotatable bonds is 8. The lowest BCUT2D eigenvalue weighted by molar-refractivity contribution is 0.0170. The Morgan fingerprint density at radius 3 is 2.48 bits per heavy atom. The summed E-state index contributed by atoms with van der Waals surface area (Å²) in [5, 5.41) is 6.36. The van der Waals surface area contributed by atoms with E-state index in [4.69, 9.17) is 9.47 Å². The van der Waals surface area contributed by atoms with E-state index >= 15 is 0 Å². The second-order valence-corrected chi connectivity index (χ2v) is 8.71. The van der Waals surface area contributed by atoms with Crippen LogP contribution in [0.3, 0.4) is 0 Å². The fourth-order valence-corrected chi connectivity index (χ4v) is 3.41. The molecular formula is C18H30N4O4S. The molecule has 1 aliphatic heterocycles. The van der Waals surface area contributed by atoms with E-state index in [9.17, 15) is 8.42 Å². The summed E-state index contributed by atoms with van der Waals surface area (Å²) in [6.45, 7) is 4.12. The summed E-state index contributed by atoms with van der Waals surface area (Å²) in [6.07, 6.45) is 1.23. The molecule has 1 aromatic carbocycles. The molecule has 2 rings (SSSR count). The zero-order valence-electron chi connectivity index (χ0n) is 16.3. The number of hydrogen-bond acceptors (Lipinski definition) is 6. The smallest absolute Gasteiger partial charge is 0.191 e. The first kappa shape index (κ1) is 21.5. The predicted molar refractivity (Wildman–Crippen MR) is 107 cm³/mol. The Labute approximate surface area is 161 Å². The van der Waals surface area contributed by atoms with Crippen LogP contribution < -0.4 is 15.4 Å². The van der Waals surface area contributed by atoms with E-state index in [1.54, 1.807) is 14.2 Å². The molecule has 1 unspecified atom stereocenters. The minimum Gasteiger partial charge on any atom is -0.497 e. The van der Waals surface area contributed by atoms with Crippen molar-refractivity contribution in [3.63, 3.8) is 0 Å². The lowest BCUT2D eigenvalue weighted by atomic mass is 10.0. The average Bonchev–Trinajstić information content (AvgIpc) is 2.67. The van der Waals surface area contributed by atoms with E-state index < -0.39 is 9.84 Å². The Morgan fingerprint density at radius 1 is 1.26 bits per heavy atom. The molecular weight excluding hydrogens is 368 g/mol. The van der Waals surface area contributed by atoms with Crippen LogP contribution in [0.2, 0.25) is 0 Å². The Hall–Kier alpha value is -1.84. The molecule has 27 heavy (non-hydrogen) atoms. The quantitative estimate of drug-likeness (QED) is 0.480. The maximum Gasteiger partial charge on any atom is 0.191 e. The standard InChI is InChI=1S/C18H30N4O4S/c1-19-18(20-8-13-27(3,23)24)21-14-17(22-9-11-26-12-10-22)15-4-6-16(25-2)7-5-15/h4-7,17H,8-14H2,1-3H3,(H2,19,20,21). The Morgan fingerprint density at radius 2 is 1.93 bits per heavy atom. The van der Waals surface area contributed by atoms with Crippen molar-refractivity contribution in [2.24, 2.45) is 4.99 Å². The highest BCUT2D eigenvalue weighted by atomic mass is 32.2. The van der Waals surface area contributed by atoms with E-state index in [-0.39, 0.29) is 11.8 Å². The molecule has 8 nitrogen and oxygen atoms in total. The summed E-state index contributed by atoms with van der Waals surface area (Å²) >= 11 is 0. The molecule has 1 aliphatic rings. The second-order valence-electron chi connectivity index (χ2n) is 6.45. The number of methoxy groups -OCH3 is 1. The Bertz CT molecular complexity index is 701. The lowest BCUT2D eigenvalue weighted by Crippen LogP contribution is -2.46. The summed E-state index contributed by atoms with van der Waals surface area (Å²) in [4.78, 5) is 6.56. The topological polar surface area (TPSA) is 92.3 Å². The van der Waals surface area contributed by atoms with Crippen molar-refractivity contribution in [1.82, 2.24) is 15.5 Å². The van der Waals surface area contributed by atoms with Gasteiger partial charge in [0.1, 0.15) is 15.6 Å². The van der Waals surface area contributed by atoms with E-state index in [2.05, 4.69) is 32.7 Å². The van der Waals surface area contributed by atoms with Crippen molar-refractivity contribution in [1.29, 1.82) is 0 Å². The summed E-state index contributed by atoms with van der Waals surface area (Å²) in [7, 11) is 0.323. The fourth-order valence-electron chi connectivity index (χ4n) is 2.94. The predicted octanol–water partition coefficient (Wildman–Crippen LogP) is 0.278. The molecule has 0 amide bonds. The van der Waals surface area contributed by atoms with Gasteiger partial charge in [0.25, 0.3) is 0 Å². The Balaban J connectivity index is 2.02. The van der Waals surface area contributed by atoms with Gasteiger partial charge in [-0.05, 0) is 17.7 Å². The van der Waals surface area contributed by atoms with Crippen molar-refractivity contribution in [2.45, 2.75) is 6.04 Å². The second kappa shape index (κ2) is 10.5. The number of benzene rings is 1. The molecule has 0 bridgehead atoms. The molecule has 9 heteroatoms. The van der Waals surface area contributed by atoms with Crippen LogP contribution in [0, 0.1) is 0 Å². The molecule has 0 saturated carbocycles. The number of nitrogens with zero attached hydrogens (tertiary/aromatic N) is 2. The SMILES string of the molecule is CN=C(NCCS(C)(=O)=O)NCC(c1ccc(OC)cc1)N1CCOCC1. The van der Waals surface area contributed by atoms with Crippen LogP contribution in [0.4, 0.5) is 0 Å². The highest BCUT2D eigenvalue weighted by Crippen LogP contribution is 2.23. The van der Waals surface area contributed by atoms with Crippen LogP contribution >= 0.6 is 0 Å². The summed E-state index contributed by atoms with van der Waals surface area (Å²) < 4.78 is 33.3. The van der Waals surface area contributed by atoms with E-state index in [1.807, 2.05) is 12.1 Å². The number of nitrogens with one attached hydrogen (secondary N) is 2. The minimum atomic E-state index is -3.01. The number of guanidine groups is 1. The van der Waals surface area contributed by atoms with Crippen LogP contribution in [0.5, 0.6) is 5.75 Å². The van der Waals surface area contributed by atoms with Crippen molar-refractivity contribution in [3.05, 3.63) is 29.8 Å². The molecule has 0 spiro atoms. The first-order valence-electron chi connectivity index (χ1n) is 9.01. The third kappa shape index (κ3) is 7.36. The molecule has 1 saturated heterocycles. The van der Waals surface area contributed by atoms with Gasteiger partial charge >= 0.3 is 0 Å². The third-order valence-electron chi connectivity index (χ3n) is 4.44. The molecule has 0 radical (unpaired) electrons. The van der Waals surface area contributed by atoms with E-state index in [1.165, 1.54) is 11.8 Å². The van der Waals surface area contributed by atoms with Gasteiger partial charge in [0, 0.05) is 39.5 Å². The van der Waals surface area contributed by atoms with Crippen molar-refractivity contribution >= 4 is 15.8 Å². The number of morpholine rings is 1. The normalized spacial score (nSPS) is 17.4. The van der Waals surface area contributed by atoms with Gasteiger partial charge in [0.15, 0.2) is 5.96 Å². The summed E-state index contributed by atoms with van der Waals surface area (Å²) in [6, 6.07) is 8.21. The highest BCUT2D eigenvalue weighted by molar-refractivity contribution is 7.90. The van der Waals surface area contributed by atoms with Gasteiger partial charge in [-0.1, -0.05) is 12.1 Å². The zero-order valence-corrected chi connectivity index (χ0v) is 17.1. The molecule has 2 N–H and O–H groups in total. The fraction of sp³-hybridized carbons (Fsp3) is 0.611. The molecule has 152 valence electrons. The highest BCUT2D eigenvalue weighted by Gasteiger charge is 2.23. The molecule has 1 atom stereocenters. The van der Waals surface area contributed by atoms with Crippen molar-refractivity contribution < 1.29 is 17.9 Å². The number of aliphatic imine (C=N–C) groups is 1. The third-order valence-corrected chi connectivity index (χ3v) is 5.38. The van der Waals surface area contributed by atoms with Crippen LogP contribution in [-0.4, -0.2) is 84.8 Å². The van der Waals surface area contributed by atoms with Crippen LogP contribution in [0.15, 0.2) is 29.3 Å². The lowest BCUT2D eigenvalue weighted by Gasteiger charge is -2.35. The number of hydrogen-bond donors (Lipinski definition) is 2. The molecule has 1 heterocycles. The summed E-state index contributed by atoms with van der Waals surface area (Å²) in [5.74, 6) is 1.48. The van der Waals surface area contributed by atoms with E-state index in [0.29, 0.717) is 32.3 Å². The maximum atomic E-state index is 11.3. The largest absolute Gasteiger partial charge is 0.497 e. The first-order chi connectivity index (χ1) is 12.9. The molecule has 0 aliphatic carbocycles. The number of sulfone groups is 1. The van der Waals surface area contributed by atoms with Crippen LogP contribution in [-0.2, 0) is 14.6 Å². The van der Waals surface area contributed by atoms with Crippen molar-refractivity contribution in [3.8, 4) is 5.75 Å². The van der Waals surface area contributed by atoms with Crippen molar-refractivity contribution in [2.75, 3.05) is 65.6 Å². The van der Waals surface area contributed by atoms with Gasteiger partial charge in [-0.25, -0.2) is 8.42 Å². The summed E-state index contributed by atoms with van der Waals surface area (Å²) in [5.41, 5.74) is 1.18. The molecule has 1 aromatic rings. The van der Waals surface area contributed by atoms with Gasteiger partial charge in [0.05, 0.1) is 32.1 Å².